The molecule has 0 aliphatic heterocycles. The van der Waals surface area contributed by atoms with Gasteiger partial charge in [0.05, 0.1) is 6.10 Å². The maximum Gasteiger partial charge on any atom is 0.0929 e. The highest BCUT2D eigenvalue weighted by Gasteiger charge is 2.63. The van der Waals surface area contributed by atoms with Crippen LogP contribution in [0.5, 0.6) is 0 Å². The summed E-state index contributed by atoms with van der Waals surface area (Å²) < 4.78 is 0. The van der Waals surface area contributed by atoms with Gasteiger partial charge in [0, 0.05) is 22.2 Å². The Morgan fingerprint density at radius 1 is 1.20 bits per heavy atom. The normalized spacial score (nSPS) is 21.8. The second kappa shape index (κ2) is 5.49. The van der Waals surface area contributed by atoms with Gasteiger partial charge in [-0.1, -0.05) is 50.9 Å². The zero-order valence-corrected chi connectivity index (χ0v) is 14.0. The van der Waals surface area contributed by atoms with E-state index in [1.165, 1.54) is 0 Å². The Kier molecular flexibility index (Phi) is 4.42. The molecule has 2 N–H and O–H groups in total. The Balaban J connectivity index is 1.88. The van der Waals surface area contributed by atoms with Gasteiger partial charge < -0.3 is 10.4 Å². The molecule has 112 valence electrons. The molecule has 0 spiro atoms. The van der Waals surface area contributed by atoms with E-state index in [0.717, 1.165) is 6.54 Å². The van der Waals surface area contributed by atoms with E-state index in [1.54, 1.807) is 18.2 Å². The lowest BCUT2D eigenvalue weighted by Gasteiger charge is -2.14. The number of hydrogen-bond donors (Lipinski definition) is 2. The smallest absolute Gasteiger partial charge is 0.0929 e. The number of aliphatic hydroxyl groups is 1. The first-order valence-corrected chi connectivity index (χ1v) is 7.77. The minimum Gasteiger partial charge on any atom is -0.387 e. The van der Waals surface area contributed by atoms with E-state index >= 15 is 0 Å². The van der Waals surface area contributed by atoms with Gasteiger partial charge in [-0.15, -0.1) is 0 Å². The zero-order chi connectivity index (χ0) is 15.1. The summed E-state index contributed by atoms with van der Waals surface area (Å²) >= 11 is 12.0. The van der Waals surface area contributed by atoms with Crippen molar-refractivity contribution < 1.29 is 5.11 Å². The van der Waals surface area contributed by atoms with E-state index in [-0.39, 0.29) is 0 Å². The molecular weight excluding hydrogens is 293 g/mol. The molecule has 1 aromatic carbocycles. The quantitative estimate of drug-likeness (QED) is 0.849. The monoisotopic (exact) mass is 315 g/mol. The van der Waals surface area contributed by atoms with Gasteiger partial charge in [-0.3, -0.25) is 0 Å². The summed E-state index contributed by atoms with van der Waals surface area (Å²) in [4.78, 5) is 0. The third-order valence-corrected chi connectivity index (χ3v) is 5.90. The fourth-order valence-electron chi connectivity index (χ4n) is 3.09. The molecule has 2 rings (SSSR count). The van der Waals surface area contributed by atoms with Crippen LogP contribution in [0.3, 0.4) is 0 Å². The molecule has 2 nitrogen and oxygen atoms in total. The molecule has 1 saturated carbocycles. The minimum atomic E-state index is -0.633. The van der Waals surface area contributed by atoms with Crippen molar-refractivity contribution in [1.82, 2.24) is 5.32 Å². The molecule has 20 heavy (non-hydrogen) atoms. The van der Waals surface area contributed by atoms with Crippen molar-refractivity contribution >= 4 is 23.2 Å². The molecular formula is C16H23Cl2NO. The topological polar surface area (TPSA) is 32.3 Å². The van der Waals surface area contributed by atoms with Crippen LogP contribution in [-0.2, 0) is 0 Å². The maximum absolute atomic E-state index is 10.2. The van der Waals surface area contributed by atoms with Gasteiger partial charge in [-0.2, -0.15) is 0 Å². The molecule has 1 unspecified atom stereocenters. The Hall–Kier alpha value is -0.280. The summed E-state index contributed by atoms with van der Waals surface area (Å²) in [5.74, 6) is 0.636. The molecule has 1 fully saturated rings. The van der Waals surface area contributed by atoms with Crippen LogP contribution in [0.25, 0.3) is 0 Å². The minimum absolute atomic E-state index is 0.360. The predicted molar refractivity (Wildman–Crippen MR) is 85.3 cm³/mol. The first kappa shape index (κ1) is 16.1. The lowest BCUT2D eigenvalue weighted by Crippen LogP contribution is -2.25. The average molecular weight is 316 g/mol. The molecule has 0 radical (unpaired) electrons. The van der Waals surface area contributed by atoms with Crippen LogP contribution in [-0.4, -0.2) is 18.2 Å². The summed E-state index contributed by atoms with van der Waals surface area (Å²) in [6.07, 6.45) is -0.633. The highest BCUT2D eigenvalue weighted by molar-refractivity contribution is 6.33. The van der Waals surface area contributed by atoms with E-state index in [9.17, 15) is 5.11 Å². The van der Waals surface area contributed by atoms with Gasteiger partial charge >= 0.3 is 0 Å². The van der Waals surface area contributed by atoms with Crippen LogP contribution in [0.2, 0.25) is 10.0 Å². The van der Waals surface area contributed by atoms with Crippen molar-refractivity contribution in [2.45, 2.75) is 33.8 Å². The summed E-state index contributed by atoms with van der Waals surface area (Å²) in [5.41, 5.74) is 1.40. The number of nitrogens with one attached hydrogen (secondary N) is 1. The highest BCUT2D eigenvalue weighted by Crippen LogP contribution is 2.67. The van der Waals surface area contributed by atoms with Crippen LogP contribution in [0.4, 0.5) is 0 Å². The van der Waals surface area contributed by atoms with Gasteiger partial charge in [-0.05, 0) is 41.5 Å². The van der Waals surface area contributed by atoms with Crippen molar-refractivity contribution in [2.75, 3.05) is 13.1 Å². The predicted octanol–water partition coefficient (Wildman–Crippen LogP) is 4.30. The molecule has 0 aromatic heterocycles. The Morgan fingerprint density at radius 2 is 1.80 bits per heavy atom. The lowest BCUT2D eigenvalue weighted by atomic mass is 10.0. The largest absolute Gasteiger partial charge is 0.387 e. The van der Waals surface area contributed by atoms with Crippen LogP contribution in [0.1, 0.15) is 39.4 Å². The molecule has 0 heterocycles. The van der Waals surface area contributed by atoms with Crippen molar-refractivity contribution in [3.63, 3.8) is 0 Å². The molecule has 4 heteroatoms. The van der Waals surface area contributed by atoms with E-state index in [4.69, 9.17) is 23.2 Å². The number of benzene rings is 1. The molecule has 1 aliphatic rings. The van der Waals surface area contributed by atoms with Gasteiger partial charge in [0.15, 0.2) is 0 Å². The van der Waals surface area contributed by atoms with Crippen LogP contribution >= 0.6 is 23.2 Å². The molecule has 1 atom stereocenters. The number of rotatable bonds is 5. The lowest BCUT2D eigenvalue weighted by molar-refractivity contribution is 0.173. The second-order valence-electron chi connectivity index (χ2n) is 6.84. The summed E-state index contributed by atoms with van der Waals surface area (Å²) in [7, 11) is 0. The molecule has 0 amide bonds. The molecule has 1 aliphatic carbocycles. The Morgan fingerprint density at radius 3 is 2.35 bits per heavy atom. The first-order chi connectivity index (χ1) is 9.18. The highest BCUT2D eigenvalue weighted by atomic mass is 35.5. The zero-order valence-electron chi connectivity index (χ0n) is 12.5. The van der Waals surface area contributed by atoms with Crippen molar-refractivity contribution in [3.05, 3.63) is 33.8 Å². The van der Waals surface area contributed by atoms with Gasteiger partial charge in [0.25, 0.3) is 0 Å². The number of halogens is 2. The SMILES string of the molecule is CC1(C)C(CNCC(O)c2cc(Cl)ccc2Cl)C1(C)C. The Bertz CT molecular complexity index is 485. The maximum atomic E-state index is 10.2. The first-order valence-electron chi connectivity index (χ1n) is 7.01. The fourth-order valence-corrected chi connectivity index (χ4v) is 3.51. The third-order valence-electron chi connectivity index (χ3n) is 5.32. The second-order valence-corrected chi connectivity index (χ2v) is 7.68. The number of aliphatic hydroxyl groups excluding tert-OH is 1. The van der Waals surface area contributed by atoms with Gasteiger partial charge in [-0.25, -0.2) is 0 Å². The van der Waals surface area contributed by atoms with E-state index in [1.807, 2.05) is 0 Å². The van der Waals surface area contributed by atoms with Crippen LogP contribution < -0.4 is 5.32 Å². The van der Waals surface area contributed by atoms with Crippen molar-refractivity contribution in [1.29, 1.82) is 0 Å². The molecule has 0 bridgehead atoms. The standard InChI is InChI=1S/C16H23Cl2NO/c1-15(2)14(16(15,3)4)9-19-8-13(20)11-7-10(17)5-6-12(11)18/h5-7,13-14,19-20H,8-9H2,1-4H3. The van der Waals surface area contributed by atoms with Crippen molar-refractivity contribution in [2.24, 2.45) is 16.7 Å². The fraction of sp³-hybridized carbons (Fsp3) is 0.625. The molecule has 1 aromatic rings. The summed E-state index contributed by atoms with van der Waals surface area (Å²) in [6.45, 7) is 10.6. The van der Waals surface area contributed by atoms with E-state index < -0.39 is 6.10 Å². The van der Waals surface area contributed by atoms with Crippen molar-refractivity contribution in [3.8, 4) is 0 Å². The summed E-state index contributed by atoms with van der Waals surface area (Å²) in [5, 5.41) is 14.7. The van der Waals surface area contributed by atoms with E-state index in [0.29, 0.717) is 38.9 Å². The molecule has 0 saturated heterocycles. The Labute approximate surface area is 131 Å². The third kappa shape index (κ3) is 2.85. The van der Waals surface area contributed by atoms with Gasteiger partial charge in [0.1, 0.15) is 0 Å². The van der Waals surface area contributed by atoms with Gasteiger partial charge in [0.2, 0.25) is 0 Å². The number of hydrogen-bond acceptors (Lipinski definition) is 2. The summed E-state index contributed by atoms with van der Waals surface area (Å²) in [6, 6.07) is 5.17. The average Bonchev–Trinajstić information content (AvgIpc) is 2.74. The van der Waals surface area contributed by atoms with E-state index in [2.05, 4.69) is 33.0 Å². The van der Waals surface area contributed by atoms with Crippen LogP contribution in [0, 0.1) is 16.7 Å². The van der Waals surface area contributed by atoms with Crippen LogP contribution in [0.15, 0.2) is 18.2 Å².